The number of carboxylic acids is 1. The highest BCUT2D eigenvalue weighted by Crippen LogP contribution is 2.27. The molecule has 2 aromatic carbocycles. The van der Waals surface area contributed by atoms with Gasteiger partial charge in [0.05, 0.1) is 5.56 Å². The first-order chi connectivity index (χ1) is 9.49. The van der Waals surface area contributed by atoms with Crippen LogP contribution in [0.2, 0.25) is 0 Å². The second-order valence-electron chi connectivity index (χ2n) is 4.01. The molecule has 0 aliphatic rings. The molecule has 0 radical (unpaired) electrons. The normalized spacial score (nSPS) is 10.2. The maximum absolute atomic E-state index is 11.8. The van der Waals surface area contributed by atoms with Crippen LogP contribution in [0.15, 0.2) is 36.4 Å². The van der Waals surface area contributed by atoms with Crippen LogP contribution in [0.25, 0.3) is 10.8 Å². The fourth-order valence-electron chi connectivity index (χ4n) is 1.78. The van der Waals surface area contributed by atoms with Crippen LogP contribution in [0, 0.1) is 0 Å². The number of carboxylic acid groups (broad SMARTS) is 1. The van der Waals surface area contributed by atoms with Gasteiger partial charge in [-0.2, -0.15) is 0 Å². The molecule has 0 amide bonds. The largest absolute Gasteiger partial charge is 0.507 e. The van der Waals surface area contributed by atoms with E-state index in [1.54, 1.807) is 24.3 Å². The quantitative estimate of drug-likeness (QED) is 0.652. The highest BCUT2D eigenvalue weighted by atomic mass is 16.6. The van der Waals surface area contributed by atoms with Crippen molar-refractivity contribution in [3.05, 3.63) is 42.0 Å². The van der Waals surface area contributed by atoms with Crippen LogP contribution >= 0.6 is 0 Å². The summed E-state index contributed by atoms with van der Waals surface area (Å²) in [5.41, 5.74) is 0.0807. The molecule has 0 spiro atoms. The molecule has 0 aliphatic heterocycles. The zero-order valence-corrected chi connectivity index (χ0v) is 10.2. The van der Waals surface area contributed by atoms with Crippen LogP contribution in [0.1, 0.15) is 16.8 Å². The van der Waals surface area contributed by atoms with Gasteiger partial charge in [0.1, 0.15) is 12.2 Å². The zero-order valence-electron chi connectivity index (χ0n) is 10.2. The Hall–Kier alpha value is -2.89. The van der Waals surface area contributed by atoms with E-state index in [1.165, 1.54) is 12.1 Å². The minimum Gasteiger partial charge on any atom is -0.507 e. The van der Waals surface area contributed by atoms with Crippen molar-refractivity contribution in [3.8, 4) is 5.75 Å². The Kier molecular flexibility index (Phi) is 3.65. The predicted molar refractivity (Wildman–Crippen MR) is 68.3 cm³/mol. The average Bonchev–Trinajstić information content (AvgIpc) is 2.38. The summed E-state index contributed by atoms with van der Waals surface area (Å²) in [6.07, 6.45) is -0.887. The van der Waals surface area contributed by atoms with Gasteiger partial charge in [0.15, 0.2) is 0 Å². The van der Waals surface area contributed by atoms with Crippen LogP contribution in [0.4, 0.5) is 0 Å². The highest BCUT2D eigenvalue weighted by Gasteiger charge is 2.18. The number of fused-ring (bicyclic) bond motifs is 1. The Bertz CT molecular complexity index is 704. The lowest BCUT2D eigenvalue weighted by atomic mass is 10.0. The number of carbonyl (C=O) groups is 3. The smallest absolute Gasteiger partial charge is 0.346 e. The molecule has 0 fully saturated rings. The van der Waals surface area contributed by atoms with Gasteiger partial charge in [-0.15, -0.1) is 0 Å². The molecule has 102 valence electrons. The second kappa shape index (κ2) is 5.40. The van der Waals surface area contributed by atoms with E-state index in [2.05, 4.69) is 4.74 Å². The van der Waals surface area contributed by atoms with E-state index in [0.29, 0.717) is 10.8 Å². The SMILES string of the molecule is O=C(O)CC(=O)OC(=O)c1ccc(O)c2ccccc12. The first-order valence-electron chi connectivity index (χ1n) is 5.66. The molecule has 6 nitrogen and oxygen atoms in total. The Morgan fingerprint density at radius 2 is 1.65 bits per heavy atom. The number of carbonyl (C=O) groups excluding carboxylic acids is 2. The van der Waals surface area contributed by atoms with Crippen LogP contribution in [0.5, 0.6) is 5.75 Å². The molecule has 0 unspecified atom stereocenters. The lowest BCUT2D eigenvalue weighted by Crippen LogP contribution is -2.16. The first kappa shape index (κ1) is 13.5. The molecule has 0 aliphatic carbocycles. The number of phenolic OH excluding ortho intramolecular Hbond substituents is 1. The number of esters is 2. The average molecular weight is 274 g/mol. The summed E-state index contributed by atoms with van der Waals surface area (Å²) in [6, 6.07) is 9.17. The van der Waals surface area contributed by atoms with Crippen molar-refractivity contribution in [2.75, 3.05) is 0 Å². The van der Waals surface area contributed by atoms with Crippen molar-refractivity contribution in [1.29, 1.82) is 0 Å². The van der Waals surface area contributed by atoms with Gasteiger partial charge in [-0.1, -0.05) is 24.3 Å². The van der Waals surface area contributed by atoms with Gasteiger partial charge in [0, 0.05) is 5.39 Å². The van der Waals surface area contributed by atoms with E-state index < -0.39 is 24.3 Å². The van der Waals surface area contributed by atoms with Crippen molar-refractivity contribution in [2.45, 2.75) is 6.42 Å². The topological polar surface area (TPSA) is 101 Å². The summed E-state index contributed by atoms with van der Waals surface area (Å²) in [5, 5.41) is 19.0. The van der Waals surface area contributed by atoms with Crippen molar-refractivity contribution < 1.29 is 29.3 Å². The first-order valence-corrected chi connectivity index (χ1v) is 5.66. The van der Waals surface area contributed by atoms with E-state index in [9.17, 15) is 19.5 Å². The summed E-state index contributed by atoms with van der Waals surface area (Å²) < 4.78 is 4.45. The third kappa shape index (κ3) is 2.74. The van der Waals surface area contributed by atoms with Crippen LogP contribution < -0.4 is 0 Å². The molecule has 0 aromatic heterocycles. The van der Waals surface area contributed by atoms with E-state index in [4.69, 9.17) is 5.11 Å². The molecule has 2 N–H and O–H groups in total. The predicted octanol–water partition coefficient (Wildman–Crippen LogP) is 1.70. The molecule has 0 saturated carbocycles. The Balaban J connectivity index is 2.34. The van der Waals surface area contributed by atoms with Crippen molar-refractivity contribution in [1.82, 2.24) is 0 Å². The molecule has 2 rings (SSSR count). The second-order valence-corrected chi connectivity index (χ2v) is 4.01. The van der Waals surface area contributed by atoms with Gasteiger partial charge in [0.25, 0.3) is 0 Å². The summed E-state index contributed by atoms with van der Waals surface area (Å²) >= 11 is 0. The summed E-state index contributed by atoms with van der Waals surface area (Å²) in [6.45, 7) is 0. The maximum Gasteiger partial charge on any atom is 0.346 e. The summed E-state index contributed by atoms with van der Waals surface area (Å²) in [5.74, 6) is -3.47. The Morgan fingerprint density at radius 3 is 2.30 bits per heavy atom. The summed E-state index contributed by atoms with van der Waals surface area (Å²) in [7, 11) is 0. The van der Waals surface area contributed by atoms with Crippen LogP contribution in [-0.2, 0) is 14.3 Å². The molecule has 2 aromatic rings. The van der Waals surface area contributed by atoms with Gasteiger partial charge in [-0.25, -0.2) is 4.79 Å². The lowest BCUT2D eigenvalue weighted by molar-refractivity contribution is -0.147. The monoisotopic (exact) mass is 274 g/mol. The Morgan fingerprint density at radius 1 is 1.00 bits per heavy atom. The number of phenols is 1. The number of aromatic hydroxyl groups is 1. The van der Waals surface area contributed by atoms with E-state index >= 15 is 0 Å². The zero-order chi connectivity index (χ0) is 14.7. The number of ether oxygens (including phenoxy) is 1. The number of benzene rings is 2. The molecular formula is C14H10O6. The summed E-state index contributed by atoms with van der Waals surface area (Å²) in [4.78, 5) is 33.4. The molecule has 6 heteroatoms. The molecular weight excluding hydrogens is 264 g/mol. The van der Waals surface area contributed by atoms with Gasteiger partial charge < -0.3 is 14.9 Å². The molecule has 0 heterocycles. The van der Waals surface area contributed by atoms with Gasteiger partial charge in [-0.3, -0.25) is 9.59 Å². The fourth-order valence-corrected chi connectivity index (χ4v) is 1.78. The van der Waals surface area contributed by atoms with Gasteiger partial charge >= 0.3 is 17.9 Å². The fraction of sp³-hybridized carbons (Fsp3) is 0.0714. The Labute approximate surface area is 113 Å². The minimum atomic E-state index is -1.38. The van der Waals surface area contributed by atoms with E-state index in [-0.39, 0.29) is 11.3 Å². The van der Waals surface area contributed by atoms with Gasteiger partial charge in [-0.05, 0) is 17.5 Å². The molecule has 0 bridgehead atoms. The number of aliphatic carboxylic acids is 1. The molecule has 0 saturated heterocycles. The van der Waals surface area contributed by atoms with Crippen molar-refractivity contribution in [2.24, 2.45) is 0 Å². The number of rotatable bonds is 3. The number of hydrogen-bond donors (Lipinski definition) is 2. The number of hydrogen-bond acceptors (Lipinski definition) is 5. The molecule has 0 atom stereocenters. The third-order valence-corrected chi connectivity index (χ3v) is 2.62. The highest BCUT2D eigenvalue weighted by molar-refractivity contribution is 6.09. The minimum absolute atomic E-state index is 0.00554. The van der Waals surface area contributed by atoms with Crippen LogP contribution in [-0.4, -0.2) is 28.1 Å². The lowest BCUT2D eigenvalue weighted by Gasteiger charge is -2.07. The maximum atomic E-state index is 11.8. The third-order valence-electron chi connectivity index (χ3n) is 2.62. The molecule has 20 heavy (non-hydrogen) atoms. The van der Waals surface area contributed by atoms with Gasteiger partial charge in [0.2, 0.25) is 0 Å². The standard InChI is InChI=1S/C14H10O6/c15-11-6-5-10(8-3-1-2-4-9(8)11)14(19)20-13(18)7-12(16)17/h1-6,15H,7H2,(H,16,17). The van der Waals surface area contributed by atoms with E-state index in [0.717, 1.165) is 0 Å². The van der Waals surface area contributed by atoms with Crippen LogP contribution in [0.3, 0.4) is 0 Å². The van der Waals surface area contributed by atoms with Crippen molar-refractivity contribution in [3.63, 3.8) is 0 Å². The van der Waals surface area contributed by atoms with E-state index in [1.807, 2.05) is 0 Å². The van der Waals surface area contributed by atoms with Crippen molar-refractivity contribution >= 4 is 28.7 Å².